The van der Waals surface area contributed by atoms with Crippen LogP contribution in [0.15, 0.2) is 10.6 Å². The van der Waals surface area contributed by atoms with Gasteiger partial charge in [-0.25, -0.2) is 0 Å². The molecule has 3 aliphatic rings. The molecule has 29 heavy (non-hydrogen) atoms. The molecule has 5 rings (SSSR count). The third-order valence-electron chi connectivity index (χ3n) is 6.85. The van der Waals surface area contributed by atoms with E-state index in [-0.39, 0.29) is 11.9 Å². The number of hydrogen-bond donors (Lipinski definition) is 0. The molecule has 1 amide bonds. The van der Waals surface area contributed by atoms with Gasteiger partial charge in [-0.3, -0.25) is 4.79 Å². The Morgan fingerprint density at radius 2 is 1.90 bits per heavy atom. The summed E-state index contributed by atoms with van der Waals surface area (Å²) in [6.45, 7) is 3.57. The lowest BCUT2D eigenvalue weighted by Gasteiger charge is -2.23. The molecular weight excluding hydrogens is 368 g/mol. The molecule has 4 heterocycles. The second-order valence-electron chi connectivity index (χ2n) is 8.79. The fourth-order valence-corrected chi connectivity index (χ4v) is 5.10. The average molecular weight is 399 g/mol. The van der Waals surface area contributed by atoms with Crippen LogP contribution in [0.3, 0.4) is 0 Å². The Bertz CT molecular complexity index is 868. The zero-order valence-corrected chi connectivity index (χ0v) is 17.2. The molecule has 1 atom stereocenters. The molecule has 0 bridgehead atoms. The molecule has 156 valence electrons. The van der Waals surface area contributed by atoms with Gasteiger partial charge in [-0.15, -0.1) is 10.2 Å². The fourth-order valence-electron chi connectivity index (χ4n) is 5.10. The van der Waals surface area contributed by atoms with Crippen molar-refractivity contribution >= 4 is 5.91 Å². The maximum absolute atomic E-state index is 13.3. The molecule has 1 aliphatic carbocycles. The van der Waals surface area contributed by atoms with Crippen molar-refractivity contribution < 1.29 is 9.32 Å². The summed E-state index contributed by atoms with van der Waals surface area (Å²) in [7, 11) is 2.14. The molecule has 2 fully saturated rings. The summed E-state index contributed by atoms with van der Waals surface area (Å²) in [5.74, 6) is 2.70. The maximum Gasteiger partial charge on any atom is 0.293 e. The highest BCUT2D eigenvalue weighted by Gasteiger charge is 2.36. The van der Waals surface area contributed by atoms with Crippen LogP contribution in [0.2, 0.25) is 0 Å². The van der Waals surface area contributed by atoms with E-state index in [2.05, 4.69) is 31.9 Å². The zero-order chi connectivity index (χ0) is 19.8. The summed E-state index contributed by atoms with van der Waals surface area (Å²) in [5, 5.41) is 13.2. The van der Waals surface area contributed by atoms with Crippen LogP contribution in [0, 0.1) is 0 Å². The highest BCUT2D eigenvalue weighted by Crippen LogP contribution is 2.35. The first-order valence-electron chi connectivity index (χ1n) is 11.1. The second kappa shape index (κ2) is 7.89. The minimum Gasteiger partial charge on any atom is -0.351 e. The van der Waals surface area contributed by atoms with E-state index in [1.807, 2.05) is 11.0 Å². The van der Waals surface area contributed by atoms with Gasteiger partial charge in [0.2, 0.25) is 5.76 Å². The van der Waals surface area contributed by atoms with Crippen LogP contribution in [-0.2, 0) is 13.0 Å². The number of aromatic nitrogens is 4. The lowest BCUT2D eigenvalue weighted by atomic mass is 9.87. The van der Waals surface area contributed by atoms with Gasteiger partial charge in [0, 0.05) is 44.6 Å². The number of rotatable bonds is 3. The summed E-state index contributed by atoms with van der Waals surface area (Å²) in [6, 6.07) is 1.85. The standard InChI is InChI=1S/C21H30N6O2/c1-25-11-9-19-22-23-20(27(19)13-12-25)17-8-5-10-26(17)21(28)18-14-16(24-29-18)15-6-3-2-4-7-15/h14-15,17H,2-13H2,1H3/t17-/m0/s1. The Labute approximate surface area is 171 Å². The minimum absolute atomic E-state index is 0.0320. The number of carbonyl (C=O) groups is 1. The largest absolute Gasteiger partial charge is 0.351 e. The number of fused-ring (bicyclic) bond motifs is 1. The van der Waals surface area contributed by atoms with Crippen LogP contribution in [0.5, 0.6) is 0 Å². The summed E-state index contributed by atoms with van der Waals surface area (Å²) in [4.78, 5) is 17.5. The monoisotopic (exact) mass is 398 g/mol. The number of likely N-dealkylation sites (N-methyl/N-ethyl adjacent to an activating group) is 1. The van der Waals surface area contributed by atoms with Gasteiger partial charge >= 0.3 is 0 Å². The average Bonchev–Trinajstić information content (AvgIpc) is 3.48. The van der Waals surface area contributed by atoms with Crippen molar-refractivity contribution in [1.82, 2.24) is 29.7 Å². The van der Waals surface area contributed by atoms with Gasteiger partial charge in [0.1, 0.15) is 5.82 Å². The van der Waals surface area contributed by atoms with Crippen LogP contribution in [-0.4, -0.2) is 62.3 Å². The summed E-state index contributed by atoms with van der Waals surface area (Å²) < 4.78 is 7.74. The number of carbonyl (C=O) groups excluding carboxylic acids is 1. The Balaban J connectivity index is 1.36. The number of likely N-dealkylation sites (tertiary alicyclic amines) is 1. The Kier molecular flexibility index (Phi) is 5.11. The second-order valence-corrected chi connectivity index (χ2v) is 8.79. The van der Waals surface area contributed by atoms with E-state index in [1.165, 1.54) is 19.3 Å². The highest BCUT2D eigenvalue weighted by atomic mass is 16.5. The molecule has 0 aromatic carbocycles. The number of nitrogens with zero attached hydrogens (tertiary/aromatic N) is 6. The van der Waals surface area contributed by atoms with E-state index in [1.54, 1.807) is 0 Å². The molecule has 0 N–H and O–H groups in total. The number of hydrogen-bond acceptors (Lipinski definition) is 6. The Hall–Kier alpha value is -2.22. The summed E-state index contributed by atoms with van der Waals surface area (Å²) >= 11 is 0. The van der Waals surface area contributed by atoms with E-state index in [4.69, 9.17) is 4.52 Å². The van der Waals surface area contributed by atoms with Crippen LogP contribution in [0.25, 0.3) is 0 Å². The van der Waals surface area contributed by atoms with Crippen molar-refractivity contribution in [1.29, 1.82) is 0 Å². The maximum atomic E-state index is 13.3. The Morgan fingerprint density at radius 1 is 1.03 bits per heavy atom. The van der Waals surface area contributed by atoms with E-state index in [0.717, 1.165) is 75.6 Å². The van der Waals surface area contributed by atoms with Crippen LogP contribution in [0.4, 0.5) is 0 Å². The summed E-state index contributed by atoms with van der Waals surface area (Å²) in [6.07, 6.45) is 8.86. The van der Waals surface area contributed by atoms with Crippen molar-refractivity contribution in [3.8, 4) is 0 Å². The molecule has 1 saturated carbocycles. The summed E-state index contributed by atoms with van der Waals surface area (Å²) in [5.41, 5.74) is 0.947. The van der Waals surface area contributed by atoms with Crippen LogP contribution < -0.4 is 0 Å². The van der Waals surface area contributed by atoms with Crippen molar-refractivity contribution in [3.63, 3.8) is 0 Å². The van der Waals surface area contributed by atoms with Gasteiger partial charge in [-0.2, -0.15) is 0 Å². The van der Waals surface area contributed by atoms with Crippen LogP contribution in [0.1, 0.15) is 84.8 Å². The van der Waals surface area contributed by atoms with Gasteiger partial charge in [-0.05, 0) is 32.7 Å². The van der Waals surface area contributed by atoms with Gasteiger partial charge in [0.15, 0.2) is 5.82 Å². The normalized spacial score (nSPS) is 23.9. The molecule has 8 heteroatoms. The topological polar surface area (TPSA) is 80.3 Å². The molecule has 1 saturated heterocycles. The smallest absolute Gasteiger partial charge is 0.293 e. The highest BCUT2D eigenvalue weighted by molar-refractivity contribution is 5.92. The molecule has 2 aromatic heterocycles. The first-order chi connectivity index (χ1) is 14.2. The van der Waals surface area contributed by atoms with Crippen molar-refractivity contribution in [2.24, 2.45) is 0 Å². The van der Waals surface area contributed by atoms with Gasteiger partial charge < -0.3 is 18.9 Å². The van der Waals surface area contributed by atoms with Gasteiger partial charge in [0.05, 0.1) is 11.7 Å². The molecule has 2 aliphatic heterocycles. The Morgan fingerprint density at radius 3 is 2.76 bits per heavy atom. The van der Waals surface area contributed by atoms with Crippen molar-refractivity contribution in [2.75, 3.05) is 26.7 Å². The first-order valence-corrected chi connectivity index (χ1v) is 11.1. The lowest BCUT2D eigenvalue weighted by molar-refractivity contribution is 0.0684. The van der Waals surface area contributed by atoms with Gasteiger partial charge in [0.25, 0.3) is 5.91 Å². The predicted octanol–water partition coefficient (Wildman–Crippen LogP) is 2.78. The van der Waals surface area contributed by atoms with E-state index >= 15 is 0 Å². The van der Waals surface area contributed by atoms with Crippen molar-refractivity contribution in [2.45, 2.75) is 69.9 Å². The third-order valence-corrected chi connectivity index (χ3v) is 6.85. The van der Waals surface area contributed by atoms with E-state index < -0.39 is 0 Å². The lowest BCUT2D eigenvalue weighted by Crippen LogP contribution is -2.32. The minimum atomic E-state index is -0.0647. The molecule has 0 unspecified atom stereocenters. The molecular formula is C21H30N6O2. The molecule has 8 nitrogen and oxygen atoms in total. The third kappa shape index (κ3) is 3.58. The zero-order valence-electron chi connectivity index (χ0n) is 17.2. The molecule has 2 aromatic rings. The SMILES string of the molecule is CN1CCc2nnc([C@@H]3CCCN3C(=O)c3cc(C4CCCCC4)no3)n2CC1. The van der Waals surface area contributed by atoms with Crippen molar-refractivity contribution in [3.05, 3.63) is 29.2 Å². The predicted molar refractivity (Wildman–Crippen MR) is 107 cm³/mol. The fraction of sp³-hybridized carbons (Fsp3) is 0.714. The van der Waals surface area contributed by atoms with E-state index in [9.17, 15) is 4.79 Å². The molecule has 0 spiro atoms. The first kappa shape index (κ1) is 18.8. The van der Waals surface area contributed by atoms with Crippen LogP contribution >= 0.6 is 0 Å². The molecule has 0 radical (unpaired) electrons. The number of amides is 1. The van der Waals surface area contributed by atoms with Gasteiger partial charge in [-0.1, -0.05) is 24.4 Å². The van der Waals surface area contributed by atoms with E-state index in [0.29, 0.717) is 11.7 Å². The quantitative estimate of drug-likeness (QED) is 0.791.